The van der Waals surface area contributed by atoms with E-state index in [1.807, 2.05) is 30.3 Å². The van der Waals surface area contributed by atoms with Crippen molar-refractivity contribution in [3.63, 3.8) is 0 Å². The van der Waals surface area contributed by atoms with Crippen molar-refractivity contribution >= 4 is 0 Å². The van der Waals surface area contributed by atoms with Gasteiger partial charge in [-0.1, -0.05) is 18.2 Å². The topological polar surface area (TPSA) is 32.7 Å². The molecule has 1 aliphatic heterocycles. The van der Waals surface area contributed by atoms with Crippen LogP contribution in [0.15, 0.2) is 30.3 Å². The Morgan fingerprint density at radius 1 is 1.18 bits per heavy atom. The third-order valence-corrected chi connectivity index (χ3v) is 3.20. The predicted octanol–water partition coefficient (Wildman–Crippen LogP) is 1.77. The molecule has 1 aromatic carbocycles. The Labute approximate surface area is 103 Å². The van der Waals surface area contributed by atoms with Gasteiger partial charge < -0.3 is 14.7 Å². The molecule has 0 spiro atoms. The van der Waals surface area contributed by atoms with Crippen LogP contribution >= 0.6 is 0 Å². The van der Waals surface area contributed by atoms with E-state index in [4.69, 9.17) is 4.74 Å². The molecule has 1 aromatic rings. The van der Waals surface area contributed by atoms with Crippen LogP contribution in [0.25, 0.3) is 0 Å². The van der Waals surface area contributed by atoms with E-state index in [1.165, 1.54) is 25.9 Å². The van der Waals surface area contributed by atoms with E-state index in [2.05, 4.69) is 4.90 Å². The van der Waals surface area contributed by atoms with Gasteiger partial charge in [0.1, 0.15) is 5.75 Å². The molecule has 3 nitrogen and oxygen atoms in total. The Bertz CT molecular complexity index is 309. The lowest BCUT2D eigenvalue weighted by molar-refractivity contribution is 0.129. The number of aliphatic hydroxyl groups is 1. The fraction of sp³-hybridized carbons (Fsp3) is 0.571. The number of para-hydroxylation sites is 1. The summed E-state index contributed by atoms with van der Waals surface area (Å²) < 4.78 is 5.68. The maximum atomic E-state index is 9.36. The molecule has 0 unspecified atom stereocenters. The van der Waals surface area contributed by atoms with Crippen LogP contribution < -0.4 is 4.74 Å². The summed E-state index contributed by atoms with van der Waals surface area (Å²) in [4.78, 5) is 2.41. The van der Waals surface area contributed by atoms with Crippen LogP contribution in [0.5, 0.6) is 5.75 Å². The van der Waals surface area contributed by atoms with E-state index < -0.39 is 0 Å². The lowest BCUT2D eigenvalue weighted by Gasteiger charge is -2.21. The van der Waals surface area contributed by atoms with Crippen LogP contribution in [0.1, 0.15) is 12.8 Å². The summed E-state index contributed by atoms with van der Waals surface area (Å²) in [6.45, 7) is 4.08. The number of nitrogens with zero attached hydrogens (tertiary/aromatic N) is 1. The summed E-state index contributed by atoms with van der Waals surface area (Å²) in [6, 6.07) is 9.79. The quantitative estimate of drug-likeness (QED) is 0.815. The number of hydrogen-bond acceptors (Lipinski definition) is 3. The van der Waals surface area contributed by atoms with Gasteiger partial charge in [-0.25, -0.2) is 0 Å². The molecule has 1 saturated heterocycles. The summed E-state index contributed by atoms with van der Waals surface area (Å²) in [7, 11) is 0. The zero-order valence-electron chi connectivity index (χ0n) is 10.2. The average molecular weight is 235 g/mol. The van der Waals surface area contributed by atoms with Crippen molar-refractivity contribution in [3.05, 3.63) is 30.3 Å². The number of likely N-dealkylation sites (tertiary alicyclic amines) is 1. The predicted molar refractivity (Wildman–Crippen MR) is 68.2 cm³/mol. The van der Waals surface area contributed by atoms with Crippen molar-refractivity contribution in [2.24, 2.45) is 5.92 Å². The van der Waals surface area contributed by atoms with Gasteiger partial charge in [-0.05, 0) is 38.1 Å². The maximum Gasteiger partial charge on any atom is 0.119 e. The fourth-order valence-corrected chi connectivity index (χ4v) is 2.22. The lowest BCUT2D eigenvalue weighted by atomic mass is 10.1. The minimum atomic E-state index is 0.198. The number of benzene rings is 1. The van der Waals surface area contributed by atoms with Crippen LogP contribution in [0.4, 0.5) is 0 Å². The second kappa shape index (κ2) is 6.62. The number of ether oxygens (including phenoxy) is 1. The second-order valence-corrected chi connectivity index (χ2v) is 4.68. The summed E-state index contributed by atoms with van der Waals surface area (Å²) in [5.74, 6) is 1.10. The minimum Gasteiger partial charge on any atom is -0.493 e. The molecule has 3 heteroatoms. The van der Waals surface area contributed by atoms with Gasteiger partial charge in [-0.2, -0.15) is 0 Å². The van der Waals surface area contributed by atoms with Crippen molar-refractivity contribution in [1.29, 1.82) is 0 Å². The van der Waals surface area contributed by atoms with Crippen molar-refractivity contribution in [2.75, 3.05) is 32.8 Å². The van der Waals surface area contributed by atoms with Gasteiger partial charge >= 0.3 is 0 Å². The molecule has 17 heavy (non-hydrogen) atoms. The molecule has 94 valence electrons. The highest BCUT2D eigenvalue weighted by Crippen LogP contribution is 2.13. The van der Waals surface area contributed by atoms with Gasteiger partial charge in [-0.15, -0.1) is 0 Å². The molecule has 1 fully saturated rings. The van der Waals surface area contributed by atoms with Crippen LogP contribution in [0, 0.1) is 5.92 Å². The molecule has 0 aromatic heterocycles. The van der Waals surface area contributed by atoms with Gasteiger partial charge in [0.25, 0.3) is 0 Å². The van der Waals surface area contributed by atoms with Gasteiger partial charge in [0.2, 0.25) is 0 Å². The first-order valence-electron chi connectivity index (χ1n) is 6.39. The highest BCUT2D eigenvalue weighted by molar-refractivity contribution is 5.20. The summed E-state index contributed by atoms with van der Waals surface area (Å²) in [5.41, 5.74) is 0. The molecule has 1 aliphatic rings. The molecule has 0 radical (unpaired) electrons. The Balaban J connectivity index is 1.75. The van der Waals surface area contributed by atoms with Gasteiger partial charge in [0, 0.05) is 12.5 Å². The molecule has 0 amide bonds. The summed E-state index contributed by atoms with van der Waals surface area (Å²) in [5, 5.41) is 9.36. The molecule has 1 N–H and O–H groups in total. The number of rotatable bonds is 6. The highest BCUT2D eigenvalue weighted by Gasteiger charge is 2.17. The first-order valence-corrected chi connectivity index (χ1v) is 6.39. The van der Waals surface area contributed by atoms with E-state index in [0.29, 0.717) is 6.61 Å². The second-order valence-electron chi connectivity index (χ2n) is 4.68. The largest absolute Gasteiger partial charge is 0.493 e. The highest BCUT2D eigenvalue weighted by atomic mass is 16.5. The van der Waals surface area contributed by atoms with Crippen LogP contribution in [-0.2, 0) is 0 Å². The first-order chi connectivity index (χ1) is 8.38. The molecule has 0 saturated carbocycles. The van der Waals surface area contributed by atoms with Gasteiger partial charge in [0.15, 0.2) is 0 Å². The van der Waals surface area contributed by atoms with E-state index in [9.17, 15) is 5.11 Å². The molecule has 1 atom stereocenters. The zero-order valence-corrected chi connectivity index (χ0v) is 10.2. The summed E-state index contributed by atoms with van der Waals surface area (Å²) >= 11 is 0. The Hall–Kier alpha value is -1.06. The van der Waals surface area contributed by atoms with Crippen LogP contribution in [0.3, 0.4) is 0 Å². The van der Waals surface area contributed by atoms with E-state index in [-0.39, 0.29) is 12.5 Å². The normalized spacial score (nSPS) is 18.2. The lowest BCUT2D eigenvalue weighted by Crippen LogP contribution is -2.32. The SMILES string of the molecule is OC[C@@H](COc1ccccc1)CN1CCCC1. The van der Waals surface area contributed by atoms with Crippen molar-refractivity contribution < 1.29 is 9.84 Å². The van der Waals surface area contributed by atoms with E-state index >= 15 is 0 Å². The smallest absolute Gasteiger partial charge is 0.119 e. The van der Waals surface area contributed by atoms with Crippen molar-refractivity contribution in [2.45, 2.75) is 12.8 Å². The summed E-state index contributed by atoms with van der Waals surface area (Å²) in [6.07, 6.45) is 2.58. The fourth-order valence-electron chi connectivity index (χ4n) is 2.22. The monoisotopic (exact) mass is 235 g/mol. The standard InChI is InChI=1S/C14H21NO2/c16-11-13(10-15-8-4-5-9-15)12-17-14-6-2-1-3-7-14/h1-3,6-7,13,16H,4-5,8-12H2/t13-/m0/s1. The molecular weight excluding hydrogens is 214 g/mol. The van der Waals surface area contributed by atoms with Gasteiger partial charge in [-0.3, -0.25) is 0 Å². The Morgan fingerprint density at radius 2 is 1.88 bits per heavy atom. The maximum absolute atomic E-state index is 9.36. The molecular formula is C14H21NO2. The van der Waals surface area contributed by atoms with Crippen molar-refractivity contribution in [3.8, 4) is 5.75 Å². The van der Waals surface area contributed by atoms with Crippen LogP contribution in [-0.4, -0.2) is 42.9 Å². The molecule has 2 rings (SSSR count). The van der Waals surface area contributed by atoms with Crippen LogP contribution in [0.2, 0.25) is 0 Å². The Kier molecular flexibility index (Phi) is 4.83. The van der Waals surface area contributed by atoms with Crippen molar-refractivity contribution in [1.82, 2.24) is 4.90 Å². The molecule has 0 bridgehead atoms. The Morgan fingerprint density at radius 3 is 2.53 bits per heavy atom. The average Bonchev–Trinajstić information content (AvgIpc) is 2.88. The molecule has 1 heterocycles. The number of hydrogen-bond donors (Lipinski definition) is 1. The third-order valence-electron chi connectivity index (χ3n) is 3.20. The first kappa shape index (κ1) is 12.4. The zero-order chi connectivity index (χ0) is 11.9. The number of aliphatic hydroxyl groups excluding tert-OH is 1. The third kappa shape index (κ3) is 4.02. The minimum absolute atomic E-state index is 0.198. The van der Waals surface area contributed by atoms with E-state index in [0.717, 1.165) is 12.3 Å². The molecule has 0 aliphatic carbocycles. The van der Waals surface area contributed by atoms with E-state index in [1.54, 1.807) is 0 Å². The van der Waals surface area contributed by atoms with Gasteiger partial charge in [0.05, 0.1) is 13.2 Å².